The van der Waals surface area contributed by atoms with Crippen molar-refractivity contribution >= 4 is 21.4 Å². The van der Waals surface area contributed by atoms with Crippen LogP contribution < -0.4 is 4.72 Å². The maximum atomic E-state index is 12.3. The van der Waals surface area contributed by atoms with Gasteiger partial charge in [-0.15, -0.1) is 11.3 Å². The number of rotatable bonds is 5. The zero-order chi connectivity index (χ0) is 16.4. The van der Waals surface area contributed by atoms with Gasteiger partial charge in [0.1, 0.15) is 5.76 Å². The van der Waals surface area contributed by atoms with E-state index in [1.165, 1.54) is 10.9 Å². The van der Waals surface area contributed by atoms with E-state index in [1.54, 1.807) is 24.3 Å². The molecule has 5 nitrogen and oxygen atoms in total. The van der Waals surface area contributed by atoms with Crippen LogP contribution in [-0.2, 0) is 10.0 Å². The summed E-state index contributed by atoms with van der Waals surface area (Å²) in [5.41, 5.74) is 0. The summed E-state index contributed by atoms with van der Waals surface area (Å²) < 4.78 is 32.7. The third kappa shape index (κ3) is 3.68. The van der Waals surface area contributed by atoms with Gasteiger partial charge in [0.15, 0.2) is 0 Å². The number of aryl methyl sites for hydroxylation is 1. The fourth-order valence-electron chi connectivity index (χ4n) is 3.23. The van der Waals surface area contributed by atoms with Gasteiger partial charge in [-0.2, -0.15) is 0 Å². The lowest BCUT2D eigenvalue weighted by atomic mass is 9.88. The Labute approximate surface area is 141 Å². The average molecular weight is 354 g/mol. The molecule has 0 aromatic carbocycles. The lowest BCUT2D eigenvalue weighted by molar-refractivity contribution is 0.125. The molecule has 3 heterocycles. The van der Waals surface area contributed by atoms with Crippen LogP contribution in [0.4, 0.5) is 0 Å². The van der Waals surface area contributed by atoms with Crippen LogP contribution in [0.15, 0.2) is 39.2 Å². The second kappa shape index (κ2) is 6.76. The Morgan fingerprint density at radius 2 is 2.22 bits per heavy atom. The molecule has 1 fully saturated rings. The molecule has 7 heteroatoms. The van der Waals surface area contributed by atoms with Crippen molar-refractivity contribution < 1.29 is 12.8 Å². The third-order valence-electron chi connectivity index (χ3n) is 4.36. The van der Waals surface area contributed by atoms with Crippen LogP contribution in [-0.4, -0.2) is 33.5 Å². The number of nitrogens with zero attached hydrogens (tertiary/aromatic N) is 1. The van der Waals surface area contributed by atoms with Crippen molar-refractivity contribution in [2.75, 3.05) is 20.1 Å². The highest BCUT2D eigenvalue weighted by atomic mass is 32.2. The van der Waals surface area contributed by atoms with Crippen molar-refractivity contribution in [3.05, 3.63) is 40.3 Å². The molecule has 0 bridgehead atoms. The Morgan fingerprint density at radius 3 is 2.87 bits per heavy atom. The fraction of sp³-hybridized carbons (Fsp3) is 0.500. The van der Waals surface area contributed by atoms with Gasteiger partial charge in [0.05, 0.1) is 0 Å². The maximum absolute atomic E-state index is 12.3. The summed E-state index contributed by atoms with van der Waals surface area (Å²) in [6.45, 7) is 3.21. The molecule has 23 heavy (non-hydrogen) atoms. The molecule has 0 saturated carbocycles. The molecule has 2 aromatic heterocycles. The maximum Gasteiger partial charge on any atom is 0.273 e. The van der Waals surface area contributed by atoms with E-state index in [-0.39, 0.29) is 17.1 Å². The van der Waals surface area contributed by atoms with Gasteiger partial charge >= 0.3 is 0 Å². The molecular formula is C16H22N2O3S2. The Bertz CT molecular complexity index is 737. The number of hydrogen-bond donors (Lipinski definition) is 1. The summed E-state index contributed by atoms with van der Waals surface area (Å²) in [5, 5.41) is 2.07. The normalized spacial score (nSPS) is 23.2. The molecule has 1 aliphatic heterocycles. The van der Waals surface area contributed by atoms with E-state index in [0.29, 0.717) is 12.3 Å². The summed E-state index contributed by atoms with van der Waals surface area (Å²) in [6, 6.07) is 7.62. The van der Waals surface area contributed by atoms with Gasteiger partial charge in [0, 0.05) is 17.5 Å². The first-order valence-corrected chi connectivity index (χ1v) is 10.1. The highest BCUT2D eigenvalue weighted by molar-refractivity contribution is 7.89. The Hall–Kier alpha value is -1.15. The Balaban J connectivity index is 1.73. The largest absolute Gasteiger partial charge is 0.449 e. The standard InChI is InChI=1S/C16H22N2O3S2/c1-12-7-8-15(21-12)23(19,20)17-11-13-5-3-9-18(2)16(13)14-6-4-10-22-14/h4,6-8,10,13,16-17H,3,5,9,11H2,1-2H3. The molecule has 0 spiro atoms. The molecule has 126 valence electrons. The van der Waals surface area contributed by atoms with Crippen LogP contribution in [0.5, 0.6) is 0 Å². The van der Waals surface area contributed by atoms with Gasteiger partial charge in [-0.1, -0.05) is 6.07 Å². The Morgan fingerprint density at radius 1 is 1.39 bits per heavy atom. The molecule has 0 aliphatic carbocycles. The van der Waals surface area contributed by atoms with E-state index in [4.69, 9.17) is 4.42 Å². The highest BCUT2D eigenvalue weighted by Gasteiger charge is 2.32. The van der Waals surface area contributed by atoms with Gasteiger partial charge in [-0.25, -0.2) is 13.1 Å². The first-order chi connectivity index (χ1) is 11.0. The number of thiophene rings is 1. The van der Waals surface area contributed by atoms with E-state index < -0.39 is 10.0 Å². The Kier molecular flexibility index (Phi) is 4.91. The molecule has 0 amide bonds. The summed E-state index contributed by atoms with van der Waals surface area (Å²) in [7, 11) is -1.47. The van der Waals surface area contributed by atoms with Crippen LogP contribution in [0.25, 0.3) is 0 Å². The molecule has 1 N–H and O–H groups in total. The van der Waals surface area contributed by atoms with Crippen molar-refractivity contribution in [3.63, 3.8) is 0 Å². The number of furan rings is 1. The zero-order valence-corrected chi connectivity index (χ0v) is 15.0. The highest BCUT2D eigenvalue weighted by Crippen LogP contribution is 2.37. The molecule has 0 radical (unpaired) electrons. The number of likely N-dealkylation sites (tertiary alicyclic amines) is 1. The van der Waals surface area contributed by atoms with Gasteiger partial charge in [-0.3, -0.25) is 4.90 Å². The fourth-order valence-corrected chi connectivity index (χ4v) is 5.27. The summed E-state index contributed by atoms with van der Waals surface area (Å²) in [5.74, 6) is 0.859. The zero-order valence-electron chi connectivity index (χ0n) is 13.4. The number of sulfonamides is 1. The second-order valence-electron chi connectivity index (χ2n) is 6.06. The van der Waals surface area contributed by atoms with Crippen molar-refractivity contribution in [2.24, 2.45) is 5.92 Å². The van der Waals surface area contributed by atoms with E-state index >= 15 is 0 Å². The van der Waals surface area contributed by atoms with Crippen LogP contribution in [0.3, 0.4) is 0 Å². The van der Waals surface area contributed by atoms with E-state index in [1.807, 2.05) is 0 Å². The number of piperidine rings is 1. The minimum absolute atomic E-state index is 0.00756. The lowest BCUT2D eigenvalue weighted by Gasteiger charge is -2.38. The van der Waals surface area contributed by atoms with Crippen LogP contribution in [0.1, 0.15) is 29.5 Å². The second-order valence-corrected chi connectivity index (χ2v) is 8.74. The first kappa shape index (κ1) is 16.7. The van der Waals surface area contributed by atoms with Crippen molar-refractivity contribution in [2.45, 2.75) is 30.9 Å². The molecule has 2 aromatic rings. The summed E-state index contributed by atoms with van der Waals surface area (Å²) >= 11 is 1.73. The van der Waals surface area contributed by atoms with E-state index in [9.17, 15) is 8.42 Å². The van der Waals surface area contributed by atoms with Crippen molar-refractivity contribution in [1.82, 2.24) is 9.62 Å². The lowest BCUT2D eigenvalue weighted by Crippen LogP contribution is -2.41. The van der Waals surface area contributed by atoms with Crippen LogP contribution >= 0.6 is 11.3 Å². The number of hydrogen-bond acceptors (Lipinski definition) is 5. The van der Waals surface area contributed by atoms with Crippen LogP contribution in [0, 0.1) is 12.8 Å². The molecule has 2 unspecified atom stereocenters. The minimum Gasteiger partial charge on any atom is -0.449 e. The van der Waals surface area contributed by atoms with E-state index in [0.717, 1.165) is 19.4 Å². The minimum atomic E-state index is -3.58. The van der Waals surface area contributed by atoms with Gasteiger partial charge in [0.25, 0.3) is 10.0 Å². The predicted molar refractivity (Wildman–Crippen MR) is 91.0 cm³/mol. The SMILES string of the molecule is Cc1ccc(S(=O)(=O)NCC2CCCN(C)C2c2cccs2)o1. The summed E-state index contributed by atoms with van der Waals surface area (Å²) in [4.78, 5) is 3.62. The molecular weight excluding hydrogens is 332 g/mol. The third-order valence-corrected chi connectivity index (χ3v) is 6.60. The van der Waals surface area contributed by atoms with Gasteiger partial charge < -0.3 is 4.42 Å². The van der Waals surface area contributed by atoms with Crippen molar-refractivity contribution in [3.8, 4) is 0 Å². The molecule has 2 atom stereocenters. The quantitative estimate of drug-likeness (QED) is 0.896. The topological polar surface area (TPSA) is 62.6 Å². The van der Waals surface area contributed by atoms with Gasteiger partial charge in [-0.05, 0) is 62.9 Å². The molecule has 3 rings (SSSR count). The molecule has 1 aliphatic rings. The van der Waals surface area contributed by atoms with Crippen LogP contribution in [0.2, 0.25) is 0 Å². The van der Waals surface area contributed by atoms with E-state index in [2.05, 4.69) is 34.2 Å². The average Bonchev–Trinajstić information content (AvgIpc) is 3.17. The smallest absolute Gasteiger partial charge is 0.273 e. The van der Waals surface area contributed by atoms with Crippen molar-refractivity contribution in [1.29, 1.82) is 0 Å². The predicted octanol–water partition coefficient (Wildman–Crippen LogP) is 3.01. The number of nitrogens with one attached hydrogen (secondary N) is 1. The molecule has 1 saturated heterocycles. The van der Waals surface area contributed by atoms with Gasteiger partial charge in [0.2, 0.25) is 5.09 Å². The first-order valence-electron chi connectivity index (χ1n) is 7.77. The monoisotopic (exact) mass is 354 g/mol. The summed E-state index contributed by atoms with van der Waals surface area (Å²) in [6.07, 6.45) is 2.11.